The first-order chi connectivity index (χ1) is 9.05. The largest absolute Gasteiger partial charge is 0.356 e. The molecule has 3 nitrogen and oxygen atoms in total. The van der Waals surface area contributed by atoms with Gasteiger partial charge in [0.15, 0.2) is 0 Å². The summed E-state index contributed by atoms with van der Waals surface area (Å²) in [6.07, 6.45) is 10.7. The van der Waals surface area contributed by atoms with E-state index in [0.29, 0.717) is 6.04 Å². The molecule has 1 atom stereocenters. The topological polar surface area (TPSA) is 29.9 Å². The third-order valence-electron chi connectivity index (χ3n) is 4.78. The minimum absolute atomic E-state index is 0.142. The molecule has 0 spiro atoms. The Hall–Kier alpha value is -0.990. The van der Waals surface area contributed by atoms with Crippen molar-refractivity contribution in [3.8, 4) is 0 Å². The lowest BCUT2D eigenvalue weighted by molar-refractivity contribution is 0.236. The predicted octanol–water partition coefficient (Wildman–Crippen LogP) is 4.12. The zero-order valence-electron chi connectivity index (χ0n) is 12.6. The average molecular weight is 261 g/mol. The van der Waals surface area contributed by atoms with Crippen LogP contribution in [0.25, 0.3) is 0 Å². The van der Waals surface area contributed by atoms with E-state index in [1.54, 1.807) is 0 Å². The quantitative estimate of drug-likeness (QED) is 0.824. The number of nitrogens with zero attached hydrogens (tertiary/aromatic N) is 2. The van der Waals surface area contributed by atoms with Crippen LogP contribution in [0.15, 0.2) is 6.20 Å². The van der Waals surface area contributed by atoms with Crippen molar-refractivity contribution in [1.29, 1.82) is 0 Å². The van der Waals surface area contributed by atoms with Crippen molar-refractivity contribution in [3.63, 3.8) is 0 Å². The molecule has 2 aliphatic rings. The van der Waals surface area contributed by atoms with Gasteiger partial charge < -0.3 is 9.88 Å². The molecule has 0 radical (unpaired) electrons. The lowest BCUT2D eigenvalue weighted by Gasteiger charge is -2.35. The highest BCUT2D eigenvalue weighted by Gasteiger charge is 2.31. The summed E-state index contributed by atoms with van der Waals surface area (Å²) in [6.45, 7) is 7.83. The molecule has 1 saturated carbocycles. The van der Waals surface area contributed by atoms with Gasteiger partial charge in [-0.2, -0.15) is 0 Å². The summed E-state index contributed by atoms with van der Waals surface area (Å²) < 4.78 is 2.44. The van der Waals surface area contributed by atoms with Crippen LogP contribution in [-0.2, 0) is 5.41 Å². The molecule has 3 rings (SSSR count). The smallest absolute Gasteiger partial charge is 0.203 e. The van der Waals surface area contributed by atoms with Crippen LogP contribution < -0.4 is 5.32 Å². The number of aromatic nitrogens is 2. The molecule has 1 aliphatic carbocycles. The third kappa shape index (κ3) is 2.52. The van der Waals surface area contributed by atoms with Crippen LogP contribution in [0.1, 0.15) is 71.0 Å². The van der Waals surface area contributed by atoms with Crippen LogP contribution >= 0.6 is 0 Å². The van der Waals surface area contributed by atoms with Crippen molar-refractivity contribution in [2.24, 2.45) is 5.92 Å². The van der Waals surface area contributed by atoms with Gasteiger partial charge in [-0.1, -0.05) is 40.0 Å². The summed E-state index contributed by atoms with van der Waals surface area (Å²) in [7, 11) is 0. The number of rotatable bonds is 1. The molecular formula is C16H27N3. The fourth-order valence-corrected chi connectivity index (χ4v) is 3.59. The van der Waals surface area contributed by atoms with Crippen LogP contribution in [-0.4, -0.2) is 16.1 Å². The highest BCUT2D eigenvalue weighted by molar-refractivity contribution is 5.34. The van der Waals surface area contributed by atoms with Crippen LogP contribution in [0.5, 0.6) is 0 Å². The molecule has 1 aromatic rings. The first-order valence-electron chi connectivity index (χ1n) is 7.89. The predicted molar refractivity (Wildman–Crippen MR) is 79.6 cm³/mol. The summed E-state index contributed by atoms with van der Waals surface area (Å²) in [5.41, 5.74) is 1.36. The second-order valence-corrected chi connectivity index (χ2v) is 7.29. The molecule has 1 aliphatic heterocycles. The maximum absolute atomic E-state index is 4.82. The van der Waals surface area contributed by atoms with Crippen molar-refractivity contribution < 1.29 is 0 Å². The Morgan fingerprint density at radius 2 is 1.89 bits per heavy atom. The van der Waals surface area contributed by atoms with E-state index >= 15 is 0 Å². The summed E-state index contributed by atoms with van der Waals surface area (Å²) in [4.78, 5) is 4.82. The summed E-state index contributed by atoms with van der Waals surface area (Å²) >= 11 is 0. The Labute approximate surface area is 116 Å². The van der Waals surface area contributed by atoms with Gasteiger partial charge in [0.2, 0.25) is 5.95 Å². The van der Waals surface area contributed by atoms with Gasteiger partial charge in [-0.3, -0.25) is 0 Å². The van der Waals surface area contributed by atoms with Gasteiger partial charge >= 0.3 is 0 Å². The number of hydrogen-bond donors (Lipinski definition) is 1. The van der Waals surface area contributed by atoms with E-state index in [4.69, 9.17) is 4.98 Å². The summed E-state index contributed by atoms with van der Waals surface area (Å²) in [5, 5.41) is 3.48. The molecule has 0 saturated heterocycles. The molecule has 1 fully saturated rings. The van der Waals surface area contributed by atoms with Crippen molar-refractivity contribution in [2.75, 3.05) is 11.9 Å². The molecule has 0 bridgehead atoms. The molecule has 1 N–H and O–H groups in total. The normalized spacial score (nSPS) is 24.9. The third-order valence-corrected chi connectivity index (χ3v) is 4.78. The van der Waals surface area contributed by atoms with E-state index < -0.39 is 0 Å². The highest BCUT2D eigenvalue weighted by atomic mass is 15.2. The SMILES string of the molecule is CC(C)(C)c1cn2c(n1)NCCC2C1CCCCC1. The van der Waals surface area contributed by atoms with E-state index in [1.807, 2.05) is 0 Å². The minimum Gasteiger partial charge on any atom is -0.356 e. The monoisotopic (exact) mass is 261 g/mol. The van der Waals surface area contributed by atoms with Crippen LogP contribution in [0.4, 0.5) is 5.95 Å². The fourth-order valence-electron chi connectivity index (χ4n) is 3.59. The lowest BCUT2D eigenvalue weighted by atomic mass is 9.82. The van der Waals surface area contributed by atoms with Gasteiger partial charge in [0, 0.05) is 24.2 Å². The van der Waals surface area contributed by atoms with Crippen molar-refractivity contribution >= 4 is 5.95 Å². The van der Waals surface area contributed by atoms with Crippen LogP contribution in [0, 0.1) is 5.92 Å². The number of anilines is 1. The zero-order valence-corrected chi connectivity index (χ0v) is 12.6. The van der Waals surface area contributed by atoms with Crippen LogP contribution in [0.2, 0.25) is 0 Å². The standard InChI is InChI=1S/C16H27N3/c1-16(2,3)14-11-19-13(9-10-17-15(19)18-14)12-7-5-4-6-8-12/h11-13H,4-10H2,1-3H3,(H,17,18). The van der Waals surface area contributed by atoms with Crippen LogP contribution in [0.3, 0.4) is 0 Å². The van der Waals surface area contributed by atoms with Crippen molar-refractivity contribution in [2.45, 2.75) is 70.8 Å². The van der Waals surface area contributed by atoms with Gasteiger partial charge in [-0.15, -0.1) is 0 Å². The maximum atomic E-state index is 4.82. The Morgan fingerprint density at radius 1 is 1.16 bits per heavy atom. The number of hydrogen-bond acceptors (Lipinski definition) is 2. The number of fused-ring (bicyclic) bond motifs is 1. The van der Waals surface area contributed by atoms with E-state index in [9.17, 15) is 0 Å². The van der Waals surface area contributed by atoms with Gasteiger partial charge in [0.1, 0.15) is 0 Å². The first-order valence-corrected chi connectivity index (χ1v) is 7.89. The first kappa shape index (κ1) is 13.0. The fraction of sp³-hybridized carbons (Fsp3) is 0.812. The van der Waals surface area contributed by atoms with Gasteiger partial charge in [-0.25, -0.2) is 4.98 Å². The van der Waals surface area contributed by atoms with Crippen molar-refractivity contribution in [1.82, 2.24) is 9.55 Å². The van der Waals surface area contributed by atoms with Crippen molar-refractivity contribution in [3.05, 3.63) is 11.9 Å². The second-order valence-electron chi connectivity index (χ2n) is 7.29. The molecule has 1 aromatic heterocycles. The van der Waals surface area contributed by atoms with E-state index in [2.05, 4.69) is 36.9 Å². The Bertz CT molecular complexity index is 435. The van der Waals surface area contributed by atoms with Gasteiger partial charge in [0.05, 0.1) is 5.69 Å². The number of nitrogens with one attached hydrogen (secondary N) is 1. The molecule has 3 heteroatoms. The molecule has 1 unspecified atom stereocenters. The van der Waals surface area contributed by atoms with E-state index in [1.165, 1.54) is 44.2 Å². The summed E-state index contributed by atoms with van der Waals surface area (Å²) in [5.74, 6) is 1.98. The molecule has 106 valence electrons. The van der Waals surface area contributed by atoms with Gasteiger partial charge in [-0.05, 0) is 25.2 Å². The molecule has 0 amide bonds. The zero-order chi connectivity index (χ0) is 13.5. The summed E-state index contributed by atoms with van der Waals surface area (Å²) in [6, 6.07) is 0.681. The lowest BCUT2D eigenvalue weighted by Crippen LogP contribution is -2.29. The molecular weight excluding hydrogens is 234 g/mol. The van der Waals surface area contributed by atoms with Gasteiger partial charge in [0.25, 0.3) is 0 Å². The molecule has 2 heterocycles. The second kappa shape index (κ2) is 4.84. The van der Waals surface area contributed by atoms with E-state index in [0.717, 1.165) is 18.4 Å². The molecule has 19 heavy (non-hydrogen) atoms. The molecule has 0 aromatic carbocycles. The minimum atomic E-state index is 0.142. The highest BCUT2D eigenvalue weighted by Crippen LogP contribution is 2.39. The van der Waals surface area contributed by atoms with E-state index in [-0.39, 0.29) is 5.41 Å². The number of imidazole rings is 1. The Balaban J connectivity index is 1.88. The average Bonchev–Trinajstić information content (AvgIpc) is 2.83. The maximum Gasteiger partial charge on any atom is 0.203 e. The Kier molecular flexibility index (Phi) is 3.32. The Morgan fingerprint density at radius 3 is 2.58 bits per heavy atom.